The molecule has 8 heteroatoms. The number of sulfonamides is 1. The first kappa shape index (κ1) is 13.4. The van der Waals surface area contributed by atoms with Crippen molar-refractivity contribution >= 4 is 21.7 Å². The number of ether oxygens (including phenoxy) is 1. The van der Waals surface area contributed by atoms with E-state index in [9.17, 15) is 17.6 Å². The van der Waals surface area contributed by atoms with E-state index < -0.39 is 21.8 Å². The molecule has 0 radical (unpaired) electrons. The van der Waals surface area contributed by atoms with E-state index in [2.05, 4.69) is 10.1 Å². The highest BCUT2D eigenvalue weighted by Crippen LogP contribution is 2.17. The standard InChI is InChI=1S/C9H11FN2O4S/c1-16-9(13)5-12-8-3-2-6(4-7(8)10)17(11,14)15/h2-4,12H,5H2,1H3,(H2,11,14,15). The Bertz CT molecular complexity index is 530. The van der Waals surface area contributed by atoms with Crippen LogP contribution in [0.2, 0.25) is 0 Å². The number of esters is 1. The zero-order valence-electron chi connectivity index (χ0n) is 8.94. The topological polar surface area (TPSA) is 98.5 Å². The number of methoxy groups -OCH3 is 1. The van der Waals surface area contributed by atoms with Gasteiger partial charge in [-0.25, -0.2) is 17.9 Å². The predicted octanol–water partition coefficient (Wildman–Crippen LogP) is 0.0580. The first-order valence-corrected chi connectivity index (χ1v) is 6.02. The number of primary sulfonamides is 1. The molecule has 17 heavy (non-hydrogen) atoms. The van der Waals surface area contributed by atoms with Gasteiger partial charge in [0.1, 0.15) is 12.4 Å². The van der Waals surface area contributed by atoms with E-state index in [1.165, 1.54) is 13.2 Å². The number of nitrogens with two attached hydrogens (primary N) is 1. The lowest BCUT2D eigenvalue weighted by Gasteiger charge is -2.07. The Balaban J connectivity index is 2.88. The molecule has 0 aliphatic heterocycles. The van der Waals surface area contributed by atoms with Gasteiger partial charge in [-0.2, -0.15) is 0 Å². The van der Waals surface area contributed by atoms with Crippen LogP contribution in [0, 0.1) is 5.82 Å². The summed E-state index contributed by atoms with van der Waals surface area (Å²) in [5.41, 5.74) is -0.0113. The molecular weight excluding hydrogens is 251 g/mol. The molecule has 0 aliphatic carbocycles. The minimum atomic E-state index is -3.94. The highest BCUT2D eigenvalue weighted by atomic mass is 32.2. The molecule has 0 aliphatic rings. The molecule has 94 valence electrons. The van der Waals surface area contributed by atoms with Gasteiger partial charge >= 0.3 is 5.97 Å². The second-order valence-electron chi connectivity index (χ2n) is 3.12. The molecule has 0 saturated heterocycles. The number of halogens is 1. The average Bonchev–Trinajstić information content (AvgIpc) is 2.25. The first-order valence-electron chi connectivity index (χ1n) is 4.47. The minimum Gasteiger partial charge on any atom is -0.468 e. The van der Waals surface area contributed by atoms with E-state index in [-0.39, 0.29) is 17.1 Å². The summed E-state index contributed by atoms with van der Waals surface area (Å²) in [6.45, 7) is -0.220. The van der Waals surface area contributed by atoms with E-state index >= 15 is 0 Å². The van der Waals surface area contributed by atoms with E-state index in [1.807, 2.05) is 0 Å². The maximum absolute atomic E-state index is 13.4. The summed E-state index contributed by atoms with van der Waals surface area (Å²) >= 11 is 0. The molecule has 0 amide bonds. The van der Waals surface area contributed by atoms with Gasteiger partial charge in [0, 0.05) is 0 Å². The smallest absolute Gasteiger partial charge is 0.325 e. The highest BCUT2D eigenvalue weighted by Gasteiger charge is 2.12. The third-order valence-electron chi connectivity index (χ3n) is 1.92. The summed E-state index contributed by atoms with van der Waals surface area (Å²) < 4.78 is 39.6. The average molecular weight is 262 g/mol. The van der Waals surface area contributed by atoms with Crippen molar-refractivity contribution in [2.24, 2.45) is 5.14 Å². The Morgan fingerprint density at radius 1 is 1.53 bits per heavy atom. The Morgan fingerprint density at radius 2 is 2.18 bits per heavy atom. The van der Waals surface area contributed by atoms with Crippen molar-refractivity contribution in [3.8, 4) is 0 Å². The normalized spacial score (nSPS) is 11.0. The summed E-state index contributed by atoms with van der Waals surface area (Å²) in [5, 5.41) is 7.29. The number of benzene rings is 1. The minimum absolute atomic E-state index is 0.0113. The molecule has 3 N–H and O–H groups in total. The largest absolute Gasteiger partial charge is 0.468 e. The maximum Gasteiger partial charge on any atom is 0.325 e. The van der Waals surface area contributed by atoms with Gasteiger partial charge in [0.2, 0.25) is 10.0 Å². The number of rotatable bonds is 4. The number of carbonyl (C=O) groups is 1. The van der Waals surface area contributed by atoms with Crippen molar-refractivity contribution in [1.29, 1.82) is 0 Å². The molecule has 1 aromatic carbocycles. The van der Waals surface area contributed by atoms with Crippen LogP contribution >= 0.6 is 0 Å². The Kier molecular flexibility index (Phi) is 4.02. The number of carbonyl (C=O) groups excluding carboxylic acids is 1. The van der Waals surface area contributed by atoms with Crippen LogP contribution in [0.4, 0.5) is 10.1 Å². The second kappa shape index (κ2) is 5.11. The van der Waals surface area contributed by atoms with Crippen molar-refractivity contribution < 1.29 is 22.3 Å². The molecule has 0 fully saturated rings. The third kappa shape index (κ3) is 3.68. The molecule has 1 aromatic rings. The number of anilines is 1. The quantitative estimate of drug-likeness (QED) is 0.747. The number of hydrogen-bond donors (Lipinski definition) is 2. The van der Waals surface area contributed by atoms with Crippen LogP contribution in [0.25, 0.3) is 0 Å². The molecule has 0 atom stereocenters. The second-order valence-corrected chi connectivity index (χ2v) is 4.68. The summed E-state index contributed by atoms with van der Waals surface area (Å²) in [6.07, 6.45) is 0. The van der Waals surface area contributed by atoms with Crippen LogP contribution in [0.1, 0.15) is 0 Å². The van der Waals surface area contributed by atoms with Crippen LogP contribution in [-0.2, 0) is 19.6 Å². The van der Waals surface area contributed by atoms with E-state index in [4.69, 9.17) is 5.14 Å². The predicted molar refractivity (Wildman–Crippen MR) is 58.3 cm³/mol. The fourth-order valence-corrected chi connectivity index (χ4v) is 1.58. The molecule has 0 heterocycles. The molecule has 0 aromatic heterocycles. The highest BCUT2D eigenvalue weighted by molar-refractivity contribution is 7.89. The fraction of sp³-hybridized carbons (Fsp3) is 0.222. The van der Waals surface area contributed by atoms with Gasteiger partial charge in [-0.15, -0.1) is 0 Å². The molecule has 6 nitrogen and oxygen atoms in total. The Labute approximate surface area is 97.6 Å². The molecule has 0 saturated carbocycles. The zero-order valence-corrected chi connectivity index (χ0v) is 9.75. The van der Waals surface area contributed by atoms with Crippen molar-refractivity contribution in [1.82, 2.24) is 0 Å². The van der Waals surface area contributed by atoms with Crippen LogP contribution in [0.15, 0.2) is 23.1 Å². The first-order chi connectivity index (χ1) is 7.84. The monoisotopic (exact) mass is 262 g/mol. The molecule has 0 unspecified atom stereocenters. The van der Waals surface area contributed by atoms with Crippen LogP contribution < -0.4 is 10.5 Å². The molecule has 1 rings (SSSR count). The lowest BCUT2D eigenvalue weighted by Crippen LogP contribution is -2.16. The van der Waals surface area contributed by atoms with Gasteiger partial charge < -0.3 is 10.1 Å². The third-order valence-corrected chi connectivity index (χ3v) is 2.83. The van der Waals surface area contributed by atoms with Crippen molar-refractivity contribution in [2.75, 3.05) is 19.0 Å². The van der Waals surface area contributed by atoms with E-state index in [0.717, 1.165) is 12.1 Å². The number of nitrogens with one attached hydrogen (secondary N) is 1. The van der Waals surface area contributed by atoms with Gasteiger partial charge in [0.25, 0.3) is 0 Å². The van der Waals surface area contributed by atoms with Crippen LogP contribution in [0.3, 0.4) is 0 Å². The van der Waals surface area contributed by atoms with Crippen molar-refractivity contribution in [2.45, 2.75) is 4.90 Å². The Hall–Kier alpha value is -1.67. The summed E-state index contributed by atoms with van der Waals surface area (Å²) in [4.78, 5) is 10.5. The van der Waals surface area contributed by atoms with Crippen molar-refractivity contribution in [3.63, 3.8) is 0 Å². The summed E-state index contributed by atoms with van der Waals surface area (Å²) in [5.74, 6) is -1.39. The van der Waals surface area contributed by atoms with Gasteiger partial charge in [0.05, 0.1) is 17.7 Å². The lowest BCUT2D eigenvalue weighted by molar-refractivity contribution is -0.138. The van der Waals surface area contributed by atoms with Crippen LogP contribution in [-0.4, -0.2) is 28.0 Å². The Morgan fingerprint density at radius 3 is 2.65 bits per heavy atom. The molecule has 0 bridgehead atoms. The van der Waals surface area contributed by atoms with Gasteiger partial charge in [-0.05, 0) is 18.2 Å². The SMILES string of the molecule is COC(=O)CNc1ccc(S(N)(=O)=O)cc1F. The van der Waals surface area contributed by atoms with Gasteiger partial charge in [-0.1, -0.05) is 0 Å². The van der Waals surface area contributed by atoms with E-state index in [1.54, 1.807) is 0 Å². The molecular formula is C9H11FN2O4S. The number of hydrogen-bond acceptors (Lipinski definition) is 5. The zero-order chi connectivity index (χ0) is 13.1. The fourth-order valence-electron chi connectivity index (χ4n) is 1.06. The van der Waals surface area contributed by atoms with Gasteiger partial charge in [-0.3, -0.25) is 4.79 Å². The summed E-state index contributed by atoms with van der Waals surface area (Å²) in [6, 6.07) is 3.09. The molecule has 0 spiro atoms. The van der Waals surface area contributed by atoms with Crippen molar-refractivity contribution in [3.05, 3.63) is 24.0 Å². The van der Waals surface area contributed by atoms with E-state index in [0.29, 0.717) is 0 Å². The maximum atomic E-state index is 13.4. The summed E-state index contributed by atoms with van der Waals surface area (Å²) in [7, 11) is -2.74. The lowest BCUT2D eigenvalue weighted by atomic mass is 10.3. The van der Waals surface area contributed by atoms with Crippen LogP contribution in [0.5, 0.6) is 0 Å². The van der Waals surface area contributed by atoms with Gasteiger partial charge in [0.15, 0.2) is 0 Å².